The third-order valence-electron chi connectivity index (χ3n) is 4.51. The second-order valence-corrected chi connectivity index (χ2v) is 6.63. The Bertz CT molecular complexity index is 1010. The van der Waals surface area contributed by atoms with Crippen molar-refractivity contribution in [1.82, 2.24) is 9.55 Å². The van der Waals surface area contributed by atoms with E-state index in [9.17, 15) is 9.90 Å². The molecule has 0 fully saturated rings. The molecule has 3 rings (SSSR count). The number of aryl methyl sites for hydroxylation is 2. The van der Waals surface area contributed by atoms with E-state index in [-0.39, 0.29) is 11.8 Å². The lowest BCUT2D eigenvalue weighted by Crippen LogP contribution is -2.11. The van der Waals surface area contributed by atoms with Gasteiger partial charge in [-0.05, 0) is 44.0 Å². The van der Waals surface area contributed by atoms with Crippen LogP contribution in [0, 0.1) is 0 Å². The van der Waals surface area contributed by atoms with Crippen LogP contribution in [0.5, 0.6) is 11.5 Å². The van der Waals surface area contributed by atoms with Crippen LogP contribution in [0.25, 0.3) is 22.3 Å². The SMILES string of the molecule is CCc1cc2c(nc1-c1ccccc1OC)c(OC(C)C)c(C(=O)O)n2C. The summed E-state index contributed by atoms with van der Waals surface area (Å²) in [5.74, 6) is -0.0170. The molecule has 0 aliphatic carbocycles. The minimum atomic E-state index is -1.04. The molecular formula is C21H24N2O4. The lowest BCUT2D eigenvalue weighted by Gasteiger charge is -2.13. The molecule has 142 valence electrons. The first kappa shape index (κ1) is 18.8. The predicted molar refractivity (Wildman–Crippen MR) is 105 cm³/mol. The van der Waals surface area contributed by atoms with Gasteiger partial charge in [0, 0.05) is 12.6 Å². The number of nitrogens with zero attached hydrogens (tertiary/aromatic N) is 2. The van der Waals surface area contributed by atoms with Gasteiger partial charge in [0.1, 0.15) is 11.3 Å². The number of fused-ring (bicyclic) bond motifs is 1. The second kappa shape index (κ2) is 7.31. The average molecular weight is 368 g/mol. The number of ether oxygens (including phenoxy) is 2. The van der Waals surface area contributed by atoms with Crippen LogP contribution in [0.15, 0.2) is 30.3 Å². The maximum Gasteiger partial charge on any atom is 0.356 e. The lowest BCUT2D eigenvalue weighted by molar-refractivity contribution is 0.0680. The number of methoxy groups -OCH3 is 1. The number of rotatable bonds is 6. The molecule has 0 saturated heterocycles. The highest BCUT2D eigenvalue weighted by Gasteiger charge is 2.26. The smallest absolute Gasteiger partial charge is 0.356 e. The summed E-state index contributed by atoms with van der Waals surface area (Å²) in [4.78, 5) is 16.7. The van der Waals surface area contributed by atoms with Gasteiger partial charge in [-0.15, -0.1) is 0 Å². The van der Waals surface area contributed by atoms with Crippen LogP contribution in [-0.2, 0) is 13.5 Å². The Balaban J connectivity index is 2.38. The van der Waals surface area contributed by atoms with Gasteiger partial charge in [0.25, 0.3) is 0 Å². The van der Waals surface area contributed by atoms with Crippen LogP contribution in [0.3, 0.4) is 0 Å². The average Bonchev–Trinajstić information content (AvgIpc) is 2.91. The van der Waals surface area contributed by atoms with Gasteiger partial charge < -0.3 is 19.1 Å². The largest absolute Gasteiger partial charge is 0.496 e. The highest BCUT2D eigenvalue weighted by Crippen LogP contribution is 2.38. The van der Waals surface area contributed by atoms with E-state index in [1.807, 2.05) is 51.1 Å². The van der Waals surface area contributed by atoms with Gasteiger partial charge >= 0.3 is 5.97 Å². The summed E-state index contributed by atoms with van der Waals surface area (Å²) in [6, 6.07) is 9.67. The van der Waals surface area contributed by atoms with E-state index in [2.05, 4.69) is 0 Å². The molecule has 0 bridgehead atoms. The molecule has 0 unspecified atom stereocenters. The number of carboxylic acids is 1. The highest BCUT2D eigenvalue weighted by atomic mass is 16.5. The predicted octanol–water partition coefficient (Wildman–Crippen LogP) is 4.30. The van der Waals surface area contributed by atoms with Gasteiger partial charge in [0.15, 0.2) is 11.4 Å². The molecule has 0 aliphatic rings. The molecule has 0 aliphatic heterocycles. The number of benzene rings is 1. The normalized spacial score (nSPS) is 11.2. The van der Waals surface area contributed by atoms with E-state index >= 15 is 0 Å². The van der Waals surface area contributed by atoms with Crippen molar-refractivity contribution in [3.8, 4) is 22.8 Å². The zero-order chi connectivity index (χ0) is 19.7. The third-order valence-corrected chi connectivity index (χ3v) is 4.51. The van der Waals surface area contributed by atoms with Crippen LogP contribution in [0.1, 0.15) is 36.8 Å². The van der Waals surface area contributed by atoms with Gasteiger partial charge in [0.2, 0.25) is 0 Å². The molecule has 0 amide bonds. The molecule has 6 heteroatoms. The van der Waals surface area contributed by atoms with Crippen molar-refractivity contribution >= 4 is 17.0 Å². The fourth-order valence-electron chi connectivity index (χ4n) is 3.28. The number of aromatic carboxylic acids is 1. The zero-order valence-electron chi connectivity index (χ0n) is 16.2. The van der Waals surface area contributed by atoms with Crippen LogP contribution in [0.2, 0.25) is 0 Å². The fourth-order valence-corrected chi connectivity index (χ4v) is 3.28. The Hall–Kier alpha value is -3.02. The van der Waals surface area contributed by atoms with E-state index in [1.54, 1.807) is 18.7 Å². The zero-order valence-corrected chi connectivity index (χ0v) is 16.2. The Morgan fingerprint density at radius 1 is 1.30 bits per heavy atom. The first-order valence-corrected chi connectivity index (χ1v) is 8.94. The molecule has 3 aromatic rings. The van der Waals surface area contributed by atoms with Crippen LogP contribution in [0.4, 0.5) is 0 Å². The first-order chi connectivity index (χ1) is 12.9. The second-order valence-electron chi connectivity index (χ2n) is 6.63. The van der Waals surface area contributed by atoms with Crippen LogP contribution in [-0.4, -0.2) is 33.8 Å². The molecule has 27 heavy (non-hydrogen) atoms. The molecule has 0 atom stereocenters. The minimum Gasteiger partial charge on any atom is -0.496 e. The van der Waals surface area contributed by atoms with Gasteiger partial charge in [-0.1, -0.05) is 19.1 Å². The summed E-state index contributed by atoms with van der Waals surface area (Å²) in [6.07, 6.45) is 0.584. The van der Waals surface area contributed by atoms with Crippen molar-refractivity contribution in [2.75, 3.05) is 7.11 Å². The number of hydrogen-bond acceptors (Lipinski definition) is 4. The van der Waals surface area contributed by atoms with Crippen LogP contribution >= 0.6 is 0 Å². The van der Waals surface area contributed by atoms with Crippen molar-refractivity contribution < 1.29 is 19.4 Å². The maximum absolute atomic E-state index is 11.9. The van der Waals surface area contributed by atoms with Gasteiger partial charge in [-0.3, -0.25) is 0 Å². The minimum absolute atomic E-state index is 0.102. The van der Waals surface area contributed by atoms with E-state index in [0.717, 1.165) is 34.5 Å². The Morgan fingerprint density at radius 2 is 2.00 bits per heavy atom. The van der Waals surface area contributed by atoms with Crippen molar-refractivity contribution in [2.45, 2.75) is 33.3 Å². The number of hydrogen-bond donors (Lipinski definition) is 1. The highest BCUT2D eigenvalue weighted by molar-refractivity contribution is 6.00. The Labute approximate surface area is 158 Å². The maximum atomic E-state index is 11.9. The first-order valence-electron chi connectivity index (χ1n) is 8.94. The van der Waals surface area contributed by atoms with E-state index < -0.39 is 5.97 Å². The summed E-state index contributed by atoms with van der Waals surface area (Å²) in [5.41, 5.74) is 4.04. The summed E-state index contributed by atoms with van der Waals surface area (Å²) < 4.78 is 13.0. The number of aromatic nitrogens is 2. The van der Waals surface area contributed by atoms with Crippen molar-refractivity contribution in [1.29, 1.82) is 0 Å². The van der Waals surface area contributed by atoms with E-state index in [4.69, 9.17) is 14.5 Å². The Morgan fingerprint density at radius 3 is 2.59 bits per heavy atom. The summed E-state index contributed by atoms with van der Waals surface area (Å²) >= 11 is 0. The summed E-state index contributed by atoms with van der Waals surface area (Å²) in [6.45, 7) is 5.78. The molecule has 2 heterocycles. The standard InChI is InChI=1S/C21H24N2O4/c1-6-13-11-15-18(20(27-12(2)3)19(21(24)25)23(15)4)22-17(13)14-9-7-8-10-16(14)26-5/h7-12H,6H2,1-5H3,(H,24,25). The molecule has 6 nitrogen and oxygen atoms in total. The molecule has 1 aromatic carbocycles. The molecule has 0 spiro atoms. The topological polar surface area (TPSA) is 73.6 Å². The molecule has 2 aromatic heterocycles. The molecular weight excluding hydrogens is 344 g/mol. The third kappa shape index (κ3) is 3.23. The fraction of sp³-hybridized carbons (Fsp3) is 0.333. The Kier molecular flexibility index (Phi) is 5.08. The quantitative estimate of drug-likeness (QED) is 0.702. The van der Waals surface area contributed by atoms with Gasteiger partial charge in [-0.25, -0.2) is 9.78 Å². The number of carboxylic acid groups (broad SMARTS) is 1. The van der Waals surface area contributed by atoms with E-state index in [0.29, 0.717) is 11.3 Å². The van der Waals surface area contributed by atoms with Crippen molar-refractivity contribution in [2.24, 2.45) is 7.05 Å². The van der Waals surface area contributed by atoms with E-state index in [1.165, 1.54) is 0 Å². The van der Waals surface area contributed by atoms with Gasteiger partial charge in [0.05, 0.1) is 24.4 Å². The monoisotopic (exact) mass is 368 g/mol. The van der Waals surface area contributed by atoms with Crippen LogP contribution < -0.4 is 9.47 Å². The molecule has 0 radical (unpaired) electrons. The number of pyridine rings is 1. The van der Waals surface area contributed by atoms with Crippen molar-refractivity contribution in [3.05, 3.63) is 41.6 Å². The summed E-state index contributed by atoms with van der Waals surface area (Å²) in [7, 11) is 3.35. The number of para-hydroxylation sites is 1. The molecule has 1 N–H and O–H groups in total. The number of carbonyl (C=O) groups is 1. The van der Waals surface area contributed by atoms with Gasteiger partial charge in [-0.2, -0.15) is 0 Å². The molecule has 0 saturated carbocycles. The van der Waals surface area contributed by atoms with Crippen molar-refractivity contribution in [3.63, 3.8) is 0 Å². The lowest BCUT2D eigenvalue weighted by atomic mass is 10.0. The summed E-state index contributed by atoms with van der Waals surface area (Å²) in [5, 5.41) is 9.71.